The maximum absolute atomic E-state index is 5.78. The van der Waals surface area contributed by atoms with Gasteiger partial charge in [-0.15, -0.1) is 11.6 Å². The molecule has 0 amide bonds. The summed E-state index contributed by atoms with van der Waals surface area (Å²) in [5.74, 6) is 0. The molecule has 0 fully saturated rings. The number of halogens is 1. The fourth-order valence-electron chi connectivity index (χ4n) is 0.480. The summed E-state index contributed by atoms with van der Waals surface area (Å²) in [6, 6.07) is 0. The predicted octanol–water partition coefficient (Wildman–Crippen LogP) is 2.97. The lowest BCUT2D eigenvalue weighted by atomic mass is 10.2. The van der Waals surface area contributed by atoms with E-state index in [2.05, 4.69) is 26.8 Å². The molecule has 0 aromatic carbocycles. The Morgan fingerprint density at radius 2 is 2.12 bits per heavy atom. The molecular weight excluding hydrogens is 120 g/mol. The Morgan fingerprint density at radius 1 is 1.62 bits per heavy atom. The minimum Gasteiger partial charge on any atom is -0.118 e. The largest absolute Gasteiger partial charge is 0.118 e. The quantitative estimate of drug-likeness (QED) is 0.400. The van der Waals surface area contributed by atoms with E-state index in [9.17, 15) is 0 Å². The van der Waals surface area contributed by atoms with Gasteiger partial charge < -0.3 is 0 Å². The Labute approximate surface area is 56.5 Å². The van der Waals surface area contributed by atoms with Crippen LogP contribution >= 0.6 is 11.6 Å². The van der Waals surface area contributed by atoms with Crippen LogP contribution in [0.25, 0.3) is 0 Å². The van der Waals surface area contributed by atoms with Crippen molar-refractivity contribution >= 4 is 11.6 Å². The summed E-state index contributed by atoms with van der Waals surface area (Å²) >= 11 is 5.78. The SMILES string of the molecule is CCC(Cl)C=C(C)C. The van der Waals surface area contributed by atoms with Crippen LogP contribution in [0.1, 0.15) is 27.2 Å². The van der Waals surface area contributed by atoms with Crippen molar-refractivity contribution in [3.63, 3.8) is 0 Å². The van der Waals surface area contributed by atoms with Gasteiger partial charge in [0.05, 0.1) is 5.38 Å². The fraction of sp³-hybridized carbons (Fsp3) is 0.714. The minimum absolute atomic E-state index is 0.236. The maximum Gasteiger partial charge on any atom is 0.0515 e. The molecule has 0 rings (SSSR count). The van der Waals surface area contributed by atoms with Crippen molar-refractivity contribution < 1.29 is 0 Å². The first-order chi connectivity index (χ1) is 3.66. The van der Waals surface area contributed by atoms with E-state index in [1.165, 1.54) is 5.57 Å². The third kappa shape index (κ3) is 4.20. The van der Waals surface area contributed by atoms with Crippen LogP contribution < -0.4 is 0 Å². The smallest absolute Gasteiger partial charge is 0.0515 e. The first-order valence-corrected chi connectivity index (χ1v) is 3.39. The molecule has 0 aliphatic rings. The van der Waals surface area contributed by atoms with Gasteiger partial charge >= 0.3 is 0 Å². The van der Waals surface area contributed by atoms with Crippen LogP contribution in [0.3, 0.4) is 0 Å². The average Bonchev–Trinajstić information content (AvgIpc) is 1.65. The van der Waals surface area contributed by atoms with E-state index in [0.717, 1.165) is 6.42 Å². The number of hydrogen-bond donors (Lipinski definition) is 0. The van der Waals surface area contributed by atoms with E-state index in [1.807, 2.05) is 0 Å². The van der Waals surface area contributed by atoms with Crippen LogP contribution in [0, 0.1) is 0 Å². The molecule has 0 aromatic heterocycles. The van der Waals surface area contributed by atoms with Crippen LogP contribution in [-0.4, -0.2) is 5.38 Å². The molecule has 0 saturated carbocycles. The molecule has 0 aliphatic carbocycles. The zero-order chi connectivity index (χ0) is 6.57. The zero-order valence-corrected chi connectivity index (χ0v) is 6.50. The van der Waals surface area contributed by atoms with Crippen LogP contribution in [0.4, 0.5) is 0 Å². The van der Waals surface area contributed by atoms with Crippen molar-refractivity contribution in [2.75, 3.05) is 0 Å². The molecule has 0 aliphatic heterocycles. The van der Waals surface area contributed by atoms with Gasteiger partial charge in [-0.2, -0.15) is 0 Å². The summed E-state index contributed by atoms with van der Waals surface area (Å²) in [4.78, 5) is 0. The van der Waals surface area contributed by atoms with E-state index in [1.54, 1.807) is 0 Å². The van der Waals surface area contributed by atoms with E-state index >= 15 is 0 Å². The number of hydrogen-bond acceptors (Lipinski definition) is 0. The van der Waals surface area contributed by atoms with E-state index in [4.69, 9.17) is 11.6 Å². The van der Waals surface area contributed by atoms with Gasteiger partial charge in [-0.25, -0.2) is 0 Å². The van der Waals surface area contributed by atoms with Crippen LogP contribution in [0.5, 0.6) is 0 Å². The monoisotopic (exact) mass is 132 g/mol. The third-order valence-corrected chi connectivity index (χ3v) is 1.34. The van der Waals surface area contributed by atoms with Crippen molar-refractivity contribution in [3.8, 4) is 0 Å². The summed E-state index contributed by atoms with van der Waals surface area (Å²) < 4.78 is 0. The molecule has 48 valence electrons. The van der Waals surface area contributed by atoms with Gasteiger partial charge in [-0.3, -0.25) is 0 Å². The molecule has 0 saturated heterocycles. The molecule has 1 atom stereocenters. The lowest BCUT2D eigenvalue weighted by Gasteiger charge is -1.97. The standard InChI is InChI=1S/C7H13Cl/c1-4-7(8)5-6(2)3/h5,7H,4H2,1-3H3. The molecule has 0 heterocycles. The molecule has 0 radical (unpaired) electrons. The normalized spacial score (nSPS) is 13.0. The molecule has 0 N–H and O–H groups in total. The summed E-state index contributed by atoms with van der Waals surface area (Å²) in [5, 5.41) is 0.236. The zero-order valence-electron chi connectivity index (χ0n) is 5.74. The average molecular weight is 133 g/mol. The molecular formula is C7H13Cl. The Balaban J connectivity index is 3.51. The van der Waals surface area contributed by atoms with Crippen molar-refractivity contribution in [2.45, 2.75) is 32.6 Å². The van der Waals surface area contributed by atoms with Crippen molar-refractivity contribution in [1.29, 1.82) is 0 Å². The molecule has 8 heavy (non-hydrogen) atoms. The Morgan fingerprint density at radius 3 is 2.25 bits per heavy atom. The highest BCUT2D eigenvalue weighted by Crippen LogP contribution is 2.05. The van der Waals surface area contributed by atoms with Gasteiger partial charge in [0, 0.05) is 0 Å². The van der Waals surface area contributed by atoms with Gasteiger partial charge in [-0.1, -0.05) is 18.6 Å². The molecule has 0 bridgehead atoms. The maximum atomic E-state index is 5.78. The Kier molecular flexibility index (Phi) is 3.98. The van der Waals surface area contributed by atoms with Crippen LogP contribution in [0.2, 0.25) is 0 Å². The first kappa shape index (κ1) is 8.03. The van der Waals surface area contributed by atoms with Gasteiger partial charge in [0.2, 0.25) is 0 Å². The summed E-state index contributed by atoms with van der Waals surface area (Å²) in [6.07, 6.45) is 3.09. The number of rotatable bonds is 2. The second kappa shape index (κ2) is 3.96. The second-order valence-corrected chi connectivity index (χ2v) is 2.73. The molecule has 0 spiro atoms. The van der Waals surface area contributed by atoms with Crippen molar-refractivity contribution in [1.82, 2.24) is 0 Å². The summed E-state index contributed by atoms with van der Waals surface area (Å²) in [7, 11) is 0. The topological polar surface area (TPSA) is 0 Å². The first-order valence-electron chi connectivity index (χ1n) is 2.96. The Bertz CT molecular complexity index is 80.4. The highest BCUT2D eigenvalue weighted by molar-refractivity contribution is 6.21. The van der Waals surface area contributed by atoms with Gasteiger partial charge in [0.1, 0.15) is 0 Å². The highest BCUT2D eigenvalue weighted by atomic mass is 35.5. The minimum atomic E-state index is 0.236. The molecule has 0 aromatic rings. The third-order valence-electron chi connectivity index (χ3n) is 0.904. The molecule has 0 nitrogen and oxygen atoms in total. The molecule has 1 unspecified atom stereocenters. The van der Waals surface area contributed by atoms with Crippen molar-refractivity contribution in [2.24, 2.45) is 0 Å². The van der Waals surface area contributed by atoms with Crippen LogP contribution in [0.15, 0.2) is 11.6 Å². The fourth-order valence-corrected chi connectivity index (χ4v) is 0.732. The molecule has 1 heteroatoms. The van der Waals surface area contributed by atoms with Crippen molar-refractivity contribution in [3.05, 3.63) is 11.6 Å². The number of allylic oxidation sites excluding steroid dienone is 2. The second-order valence-electron chi connectivity index (χ2n) is 2.17. The highest BCUT2D eigenvalue weighted by Gasteiger charge is 1.92. The van der Waals surface area contributed by atoms with E-state index in [-0.39, 0.29) is 5.38 Å². The summed E-state index contributed by atoms with van der Waals surface area (Å²) in [5.41, 5.74) is 1.30. The number of alkyl halides is 1. The Hall–Kier alpha value is 0.0300. The van der Waals surface area contributed by atoms with Gasteiger partial charge in [0.25, 0.3) is 0 Å². The lowest BCUT2D eigenvalue weighted by Crippen LogP contribution is -1.88. The van der Waals surface area contributed by atoms with Crippen LogP contribution in [-0.2, 0) is 0 Å². The predicted molar refractivity (Wildman–Crippen MR) is 39.4 cm³/mol. The van der Waals surface area contributed by atoms with E-state index in [0.29, 0.717) is 0 Å². The van der Waals surface area contributed by atoms with Gasteiger partial charge in [-0.05, 0) is 20.3 Å². The van der Waals surface area contributed by atoms with Gasteiger partial charge in [0.15, 0.2) is 0 Å². The lowest BCUT2D eigenvalue weighted by molar-refractivity contribution is 0.956. The summed E-state index contributed by atoms with van der Waals surface area (Å²) in [6.45, 7) is 6.20. The van der Waals surface area contributed by atoms with E-state index < -0.39 is 0 Å².